The van der Waals surface area contributed by atoms with Crippen molar-refractivity contribution in [3.8, 4) is 11.5 Å². The van der Waals surface area contributed by atoms with E-state index in [0.717, 1.165) is 23.2 Å². The number of rotatable bonds is 7. The fourth-order valence-electron chi connectivity index (χ4n) is 4.05. The Morgan fingerprint density at radius 1 is 1.00 bits per heavy atom. The molecule has 0 saturated carbocycles. The number of aromatic nitrogens is 1. The molecule has 0 radical (unpaired) electrons. The van der Waals surface area contributed by atoms with E-state index in [4.69, 9.17) is 4.42 Å². The molecule has 33 heavy (non-hydrogen) atoms. The van der Waals surface area contributed by atoms with Gasteiger partial charge in [-0.15, -0.1) is 0 Å². The van der Waals surface area contributed by atoms with Gasteiger partial charge in [-0.05, 0) is 37.1 Å². The topological polar surface area (TPSA) is 78.7 Å². The fraction of sp³-hybridized carbons (Fsp3) is 0.346. The number of hydrogen-bond donors (Lipinski definition) is 1. The normalized spacial score (nSPS) is 14.3. The van der Waals surface area contributed by atoms with E-state index in [-0.39, 0.29) is 18.2 Å². The minimum absolute atomic E-state index is 0.0256. The molecule has 2 amide bonds. The zero-order valence-electron chi connectivity index (χ0n) is 19.2. The van der Waals surface area contributed by atoms with Crippen LogP contribution in [0.4, 0.5) is 5.69 Å². The van der Waals surface area contributed by atoms with Gasteiger partial charge in [-0.25, -0.2) is 4.98 Å². The molecule has 7 nitrogen and oxygen atoms in total. The smallest absolute Gasteiger partial charge is 0.238 e. The van der Waals surface area contributed by atoms with Crippen molar-refractivity contribution < 1.29 is 14.0 Å². The number of oxazole rings is 1. The van der Waals surface area contributed by atoms with Crippen LogP contribution in [0.5, 0.6) is 0 Å². The third kappa shape index (κ3) is 5.68. The molecule has 172 valence electrons. The molecule has 0 aliphatic carbocycles. The van der Waals surface area contributed by atoms with Crippen LogP contribution in [-0.2, 0) is 22.4 Å². The van der Waals surface area contributed by atoms with Crippen molar-refractivity contribution in [3.63, 3.8) is 0 Å². The van der Waals surface area contributed by atoms with E-state index < -0.39 is 0 Å². The van der Waals surface area contributed by atoms with Gasteiger partial charge in [-0.2, -0.15) is 0 Å². The molecule has 2 aromatic carbocycles. The lowest BCUT2D eigenvalue weighted by Crippen LogP contribution is -2.50. The third-order valence-corrected chi connectivity index (χ3v) is 6.00. The number of carbonyl (C=O) groups is 2. The number of aryl methyl sites for hydroxylation is 2. The maximum atomic E-state index is 12.9. The molecular weight excluding hydrogens is 416 g/mol. The Hall–Kier alpha value is -3.45. The molecule has 1 fully saturated rings. The largest absolute Gasteiger partial charge is 0.441 e. The highest BCUT2D eigenvalue weighted by molar-refractivity contribution is 5.93. The number of anilines is 1. The quantitative estimate of drug-likeness (QED) is 0.601. The first-order valence-corrected chi connectivity index (χ1v) is 11.4. The van der Waals surface area contributed by atoms with E-state index in [2.05, 4.69) is 22.1 Å². The van der Waals surface area contributed by atoms with Crippen molar-refractivity contribution >= 4 is 17.5 Å². The molecule has 0 unspecified atom stereocenters. The minimum Gasteiger partial charge on any atom is -0.441 e. The van der Waals surface area contributed by atoms with Gasteiger partial charge in [0.15, 0.2) is 0 Å². The number of piperazine rings is 1. The van der Waals surface area contributed by atoms with E-state index in [1.165, 1.54) is 0 Å². The van der Waals surface area contributed by atoms with Crippen molar-refractivity contribution in [2.45, 2.75) is 26.7 Å². The molecule has 1 aliphatic rings. The number of para-hydroxylation sites is 1. The average molecular weight is 447 g/mol. The molecule has 2 heterocycles. The van der Waals surface area contributed by atoms with Crippen LogP contribution in [-0.4, -0.2) is 59.3 Å². The van der Waals surface area contributed by atoms with Gasteiger partial charge in [0.25, 0.3) is 0 Å². The van der Waals surface area contributed by atoms with Crippen molar-refractivity contribution in [1.82, 2.24) is 14.8 Å². The van der Waals surface area contributed by atoms with Crippen LogP contribution in [0.1, 0.15) is 23.9 Å². The zero-order chi connectivity index (χ0) is 23.2. The summed E-state index contributed by atoms with van der Waals surface area (Å²) in [6.07, 6.45) is 1.09. The standard InChI is InChI=1S/C26H30N4O3/c1-3-20-9-7-8-12-22(20)27-24(31)18-29-13-15-30(16-14-29)25(32)17-23-19(2)33-26(28-23)21-10-5-4-6-11-21/h4-12H,3,13-18H2,1-2H3,(H,27,31). The minimum atomic E-state index is -0.0256. The Labute approximate surface area is 194 Å². The Morgan fingerprint density at radius 2 is 1.70 bits per heavy atom. The lowest BCUT2D eigenvalue weighted by atomic mass is 10.1. The van der Waals surface area contributed by atoms with Crippen LogP contribution in [0.15, 0.2) is 59.0 Å². The van der Waals surface area contributed by atoms with Crippen molar-refractivity contribution in [2.24, 2.45) is 0 Å². The van der Waals surface area contributed by atoms with E-state index >= 15 is 0 Å². The lowest BCUT2D eigenvalue weighted by molar-refractivity contribution is -0.132. The third-order valence-electron chi connectivity index (χ3n) is 6.00. The zero-order valence-corrected chi connectivity index (χ0v) is 19.2. The molecule has 4 rings (SSSR count). The van der Waals surface area contributed by atoms with Gasteiger partial charge in [-0.1, -0.05) is 43.3 Å². The van der Waals surface area contributed by atoms with Crippen LogP contribution >= 0.6 is 0 Å². The molecule has 1 aromatic heterocycles. The summed E-state index contributed by atoms with van der Waals surface area (Å²) in [5, 5.41) is 3.02. The van der Waals surface area contributed by atoms with Gasteiger partial charge in [-0.3, -0.25) is 14.5 Å². The number of hydrogen-bond acceptors (Lipinski definition) is 5. The lowest BCUT2D eigenvalue weighted by Gasteiger charge is -2.34. The fourth-order valence-corrected chi connectivity index (χ4v) is 4.05. The number of carbonyl (C=O) groups excluding carboxylic acids is 2. The predicted octanol–water partition coefficient (Wildman–Crippen LogP) is 3.54. The number of nitrogens with zero attached hydrogens (tertiary/aromatic N) is 3. The number of nitrogens with one attached hydrogen (secondary N) is 1. The summed E-state index contributed by atoms with van der Waals surface area (Å²) in [4.78, 5) is 33.8. The van der Waals surface area contributed by atoms with E-state index in [1.807, 2.05) is 66.4 Å². The van der Waals surface area contributed by atoms with Gasteiger partial charge in [0.2, 0.25) is 17.7 Å². The highest BCUT2D eigenvalue weighted by atomic mass is 16.4. The molecule has 0 spiro atoms. The van der Waals surface area contributed by atoms with Crippen LogP contribution in [0, 0.1) is 6.92 Å². The second-order valence-electron chi connectivity index (χ2n) is 8.28. The van der Waals surface area contributed by atoms with Gasteiger partial charge in [0.1, 0.15) is 5.76 Å². The molecule has 7 heteroatoms. The van der Waals surface area contributed by atoms with Gasteiger partial charge in [0.05, 0.1) is 18.7 Å². The van der Waals surface area contributed by atoms with Crippen molar-refractivity contribution in [2.75, 3.05) is 38.0 Å². The first kappa shape index (κ1) is 22.7. The molecule has 1 saturated heterocycles. The summed E-state index contributed by atoms with van der Waals surface area (Å²) < 4.78 is 5.78. The summed E-state index contributed by atoms with van der Waals surface area (Å²) in [7, 11) is 0. The van der Waals surface area contributed by atoms with Crippen molar-refractivity contribution in [1.29, 1.82) is 0 Å². The van der Waals surface area contributed by atoms with Crippen LogP contribution < -0.4 is 5.32 Å². The summed E-state index contributed by atoms with van der Waals surface area (Å²) in [5.41, 5.74) is 3.57. The molecule has 1 aliphatic heterocycles. The summed E-state index contributed by atoms with van der Waals surface area (Å²) in [5.74, 6) is 1.22. The maximum absolute atomic E-state index is 12.9. The molecule has 0 atom stereocenters. The second kappa shape index (κ2) is 10.4. The molecule has 3 aromatic rings. The van der Waals surface area contributed by atoms with Crippen LogP contribution in [0.25, 0.3) is 11.5 Å². The first-order valence-electron chi connectivity index (χ1n) is 11.4. The Bertz CT molecular complexity index is 1100. The average Bonchev–Trinajstić information content (AvgIpc) is 3.20. The molecule has 0 bridgehead atoms. The number of benzene rings is 2. The summed E-state index contributed by atoms with van der Waals surface area (Å²) in [6, 6.07) is 17.6. The van der Waals surface area contributed by atoms with E-state index in [1.54, 1.807) is 0 Å². The van der Waals surface area contributed by atoms with Gasteiger partial charge in [0, 0.05) is 37.4 Å². The second-order valence-corrected chi connectivity index (χ2v) is 8.28. The Kier molecular flexibility index (Phi) is 7.19. The Morgan fingerprint density at radius 3 is 2.42 bits per heavy atom. The highest BCUT2D eigenvalue weighted by Gasteiger charge is 2.24. The first-order chi connectivity index (χ1) is 16.0. The van der Waals surface area contributed by atoms with Crippen LogP contribution in [0.3, 0.4) is 0 Å². The van der Waals surface area contributed by atoms with Gasteiger partial charge < -0.3 is 14.6 Å². The van der Waals surface area contributed by atoms with E-state index in [9.17, 15) is 9.59 Å². The highest BCUT2D eigenvalue weighted by Crippen LogP contribution is 2.22. The summed E-state index contributed by atoms with van der Waals surface area (Å²) in [6.45, 7) is 6.77. The molecule has 1 N–H and O–H groups in total. The van der Waals surface area contributed by atoms with Crippen LogP contribution in [0.2, 0.25) is 0 Å². The molecular formula is C26H30N4O3. The Balaban J connectivity index is 1.27. The monoisotopic (exact) mass is 446 g/mol. The SMILES string of the molecule is CCc1ccccc1NC(=O)CN1CCN(C(=O)Cc2nc(-c3ccccc3)oc2C)CC1. The van der Waals surface area contributed by atoms with E-state index in [0.29, 0.717) is 50.1 Å². The number of amides is 2. The predicted molar refractivity (Wildman–Crippen MR) is 128 cm³/mol. The van der Waals surface area contributed by atoms with Crippen molar-refractivity contribution in [3.05, 3.63) is 71.6 Å². The summed E-state index contributed by atoms with van der Waals surface area (Å²) >= 11 is 0. The maximum Gasteiger partial charge on any atom is 0.238 e. The van der Waals surface area contributed by atoms with Gasteiger partial charge >= 0.3 is 0 Å².